The molecule has 2 fully saturated rings. The van der Waals surface area contributed by atoms with E-state index in [1.54, 1.807) is 6.92 Å². The van der Waals surface area contributed by atoms with Gasteiger partial charge in [-0.25, -0.2) is 0 Å². The van der Waals surface area contributed by atoms with Crippen molar-refractivity contribution < 1.29 is 49.9 Å². The Balaban J connectivity index is 2.19. The number of methoxy groups -OCH3 is 1. The van der Waals surface area contributed by atoms with Gasteiger partial charge in [0.1, 0.15) is 30.5 Å². The molecule has 11 heteroatoms. The third-order valence-electron chi connectivity index (χ3n) is 5.15. The lowest BCUT2D eigenvalue weighted by atomic mass is 9.89. The molecule has 0 bridgehead atoms. The minimum absolute atomic E-state index is 0.321. The van der Waals surface area contributed by atoms with E-state index in [2.05, 4.69) is 11.1 Å². The average Bonchev–Trinajstić information content (AvgIpc) is 2.64. The summed E-state index contributed by atoms with van der Waals surface area (Å²) in [6, 6.07) is -1.64. The van der Waals surface area contributed by atoms with Crippen LogP contribution in [0.4, 0.5) is 0 Å². The number of nitrogens with one attached hydrogen (secondary N) is 1. The number of aliphatic hydroxyl groups excluding tert-OH is 4. The minimum atomic E-state index is -1.29. The highest BCUT2D eigenvalue weighted by Gasteiger charge is 2.51. The number of quaternary nitrogens is 1. The molecule has 0 spiro atoms. The standard InChI is InChI=1S/C16H30N2O9/c1-6-8(4-19)25-15(10(17)12(6)22)27-14-9(5-20)26-16(24-3)11(13(14)23)18-7(2)21/h6,8-16,19-20,22-23H,4-5,17H2,1-3H3,(H,18,21)/p+1. The van der Waals surface area contributed by atoms with Crippen LogP contribution in [0, 0.1) is 5.92 Å². The first-order valence-corrected chi connectivity index (χ1v) is 8.92. The van der Waals surface area contributed by atoms with Gasteiger partial charge in [-0.3, -0.25) is 4.79 Å². The Hall–Kier alpha value is -0.890. The van der Waals surface area contributed by atoms with Crippen molar-refractivity contribution in [2.45, 2.75) is 69.0 Å². The Bertz CT molecular complexity index is 495. The van der Waals surface area contributed by atoms with Crippen LogP contribution in [0.15, 0.2) is 0 Å². The summed E-state index contributed by atoms with van der Waals surface area (Å²) in [5, 5.41) is 42.7. The second-order valence-corrected chi connectivity index (χ2v) is 7.02. The van der Waals surface area contributed by atoms with Crippen LogP contribution < -0.4 is 11.1 Å². The Morgan fingerprint density at radius 1 is 1.11 bits per heavy atom. The van der Waals surface area contributed by atoms with Crippen molar-refractivity contribution in [3.63, 3.8) is 0 Å². The number of hydrogen-bond acceptors (Lipinski definition) is 9. The molecule has 158 valence electrons. The quantitative estimate of drug-likeness (QED) is 0.261. The van der Waals surface area contributed by atoms with Crippen molar-refractivity contribution in [1.29, 1.82) is 0 Å². The first kappa shape index (κ1) is 22.4. The number of amides is 1. The second-order valence-electron chi connectivity index (χ2n) is 7.02. The molecule has 10 unspecified atom stereocenters. The first-order chi connectivity index (χ1) is 12.7. The van der Waals surface area contributed by atoms with E-state index in [4.69, 9.17) is 18.9 Å². The van der Waals surface area contributed by atoms with E-state index in [0.29, 0.717) is 0 Å². The van der Waals surface area contributed by atoms with Crippen LogP contribution in [-0.2, 0) is 23.7 Å². The predicted molar refractivity (Wildman–Crippen MR) is 88.8 cm³/mol. The SMILES string of the molecule is COC1OC(CO)C(OC2OC(CO)C(C)C(O)C2[NH3+])C(O)C1NC(C)=O. The Morgan fingerprint density at radius 2 is 1.70 bits per heavy atom. The Morgan fingerprint density at radius 3 is 2.22 bits per heavy atom. The fraction of sp³-hybridized carbons (Fsp3) is 0.938. The number of rotatable bonds is 6. The van der Waals surface area contributed by atoms with Gasteiger partial charge >= 0.3 is 0 Å². The number of hydrogen-bond donors (Lipinski definition) is 6. The van der Waals surface area contributed by atoms with E-state index in [1.165, 1.54) is 14.0 Å². The molecule has 0 saturated carbocycles. The van der Waals surface area contributed by atoms with Crippen molar-refractivity contribution >= 4 is 5.91 Å². The third kappa shape index (κ3) is 4.75. The molecule has 2 rings (SSSR count). The molecule has 0 aromatic carbocycles. The summed E-state index contributed by atoms with van der Waals surface area (Å²) < 4.78 is 22.3. The van der Waals surface area contributed by atoms with Gasteiger partial charge in [-0.1, -0.05) is 6.92 Å². The number of ether oxygens (including phenoxy) is 4. The zero-order valence-electron chi connectivity index (χ0n) is 15.7. The summed E-state index contributed by atoms with van der Waals surface area (Å²) in [5.74, 6) is -0.761. The van der Waals surface area contributed by atoms with Crippen LogP contribution in [0.25, 0.3) is 0 Å². The van der Waals surface area contributed by atoms with Crippen molar-refractivity contribution in [3.05, 3.63) is 0 Å². The molecule has 0 radical (unpaired) electrons. The fourth-order valence-corrected chi connectivity index (χ4v) is 3.49. The van der Waals surface area contributed by atoms with Gasteiger partial charge in [0.25, 0.3) is 0 Å². The van der Waals surface area contributed by atoms with Crippen LogP contribution in [0.3, 0.4) is 0 Å². The molecular formula is C16H31N2O9+. The first-order valence-electron chi connectivity index (χ1n) is 8.92. The summed E-state index contributed by atoms with van der Waals surface area (Å²) in [5.41, 5.74) is 3.86. The fourth-order valence-electron chi connectivity index (χ4n) is 3.49. The van der Waals surface area contributed by atoms with E-state index in [-0.39, 0.29) is 12.5 Å². The molecular weight excluding hydrogens is 364 g/mol. The van der Waals surface area contributed by atoms with Gasteiger partial charge in [0.2, 0.25) is 12.2 Å². The maximum atomic E-state index is 11.5. The van der Waals surface area contributed by atoms with Crippen LogP contribution >= 0.6 is 0 Å². The lowest BCUT2D eigenvalue weighted by Gasteiger charge is -2.46. The zero-order valence-corrected chi connectivity index (χ0v) is 15.7. The Kier molecular flexibility index (Phi) is 7.92. The maximum Gasteiger partial charge on any atom is 0.217 e. The molecule has 1 amide bonds. The summed E-state index contributed by atoms with van der Waals surface area (Å²) in [6.45, 7) is 2.21. The second kappa shape index (κ2) is 9.54. The molecule has 0 aromatic rings. The largest absolute Gasteiger partial charge is 0.394 e. The van der Waals surface area contributed by atoms with Crippen molar-refractivity contribution in [1.82, 2.24) is 5.32 Å². The maximum absolute atomic E-state index is 11.5. The highest BCUT2D eigenvalue weighted by Crippen LogP contribution is 2.30. The molecule has 11 nitrogen and oxygen atoms in total. The van der Waals surface area contributed by atoms with Crippen molar-refractivity contribution in [2.24, 2.45) is 5.92 Å². The molecule has 10 atom stereocenters. The summed E-state index contributed by atoms with van der Waals surface area (Å²) in [4.78, 5) is 11.5. The zero-order chi connectivity index (χ0) is 20.3. The molecule has 8 N–H and O–H groups in total. The van der Waals surface area contributed by atoms with Gasteiger partial charge in [-0.05, 0) is 0 Å². The van der Waals surface area contributed by atoms with Gasteiger partial charge in [0.05, 0.1) is 19.3 Å². The van der Waals surface area contributed by atoms with Crippen molar-refractivity contribution in [3.8, 4) is 0 Å². The lowest BCUT2D eigenvalue weighted by molar-refractivity contribution is -0.504. The van der Waals surface area contributed by atoms with Gasteiger partial charge in [0, 0.05) is 20.0 Å². The van der Waals surface area contributed by atoms with Gasteiger partial charge in [0.15, 0.2) is 12.3 Å². The van der Waals surface area contributed by atoms with Crippen LogP contribution in [0.5, 0.6) is 0 Å². The van der Waals surface area contributed by atoms with Gasteiger partial charge in [-0.15, -0.1) is 0 Å². The number of carbonyl (C=O) groups is 1. The smallest absolute Gasteiger partial charge is 0.217 e. The summed E-state index contributed by atoms with van der Waals surface area (Å²) >= 11 is 0. The number of aliphatic hydroxyl groups is 4. The van der Waals surface area contributed by atoms with Crippen LogP contribution in [0.1, 0.15) is 13.8 Å². The Labute approximate surface area is 157 Å². The number of carbonyl (C=O) groups excluding carboxylic acids is 1. The molecule has 27 heavy (non-hydrogen) atoms. The highest BCUT2D eigenvalue weighted by molar-refractivity contribution is 5.73. The highest BCUT2D eigenvalue weighted by atomic mass is 16.7. The van der Waals surface area contributed by atoms with E-state index in [9.17, 15) is 25.2 Å². The average molecular weight is 395 g/mol. The third-order valence-corrected chi connectivity index (χ3v) is 5.15. The van der Waals surface area contributed by atoms with Crippen LogP contribution in [-0.4, -0.2) is 102 Å². The molecule has 2 saturated heterocycles. The van der Waals surface area contributed by atoms with E-state index < -0.39 is 67.7 Å². The molecule has 2 aliphatic rings. The van der Waals surface area contributed by atoms with Gasteiger partial charge < -0.3 is 50.4 Å². The normalized spacial score (nSPS) is 45.5. The van der Waals surface area contributed by atoms with Gasteiger partial charge in [-0.2, -0.15) is 0 Å². The minimum Gasteiger partial charge on any atom is -0.394 e. The van der Waals surface area contributed by atoms with E-state index >= 15 is 0 Å². The predicted octanol–water partition coefficient (Wildman–Crippen LogP) is -4.07. The summed E-state index contributed by atoms with van der Waals surface area (Å²) in [7, 11) is 1.35. The monoisotopic (exact) mass is 395 g/mol. The topological polar surface area (TPSA) is 175 Å². The van der Waals surface area contributed by atoms with E-state index in [0.717, 1.165) is 0 Å². The van der Waals surface area contributed by atoms with Crippen LogP contribution in [0.2, 0.25) is 0 Å². The molecule has 0 aliphatic carbocycles. The molecule has 0 aromatic heterocycles. The molecule has 2 aliphatic heterocycles. The lowest BCUT2D eigenvalue weighted by Crippen LogP contribution is -2.77. The summed E-state index contributed by atoms with van der Waals surface area (Å²) in [6.07, 6.45) is -6.95. The van der Waals surface area contributed by atoms with E-state index in [1.807, 2.05) is 0 Å². The molecule has 2 heterocycles. The van der Waals surface area contributed by atoms with Crippen molar-refractivity contribution in [2.75, 3.05) is 20.3 Å².